The zero-order valence-electron chi connectivity index (χ0n) is 17.9. The molecule has 1 aliphatic rings. The summed E-state index contributed by atoms with van der Waals surface area (Å²) in [6.07, 6.45) is 4.57. The zero-order chi connectivity index (χ0) is 21.6. The molecule has 1 heterocycles. The van der Waals surface area contributed by atoms with Crippen LogP contribution in [0.2, 0.25) is 0 Å². The summed E-state index contributed by atoms with van der Waals surface area (Å²) >= 11 is 0. The summed E-state index contributed by atoms with van der Waals surface area (Å²) in [5, 5.41) is 10.9. The Morgan fingerprint density at radius 2 is 1.77 bits per heavy atom. The smallest absolute Gasteiger partial charge is 0.226 e. The fraction of sp³-hybridized carbons (Fsp3) is 0.480. The molecule has 0 saturated carbocycles. The van der Waals surface area contributed by atoms with Crippen molar-refractivity contribution < 1.29 is 19.0 Å². The molecule has 30 heavy (non-hydrogen) atoms. The lowest BCUT2D eigenvalue weighted by atomic mass is 9.81. The van der Waals surface area contributed by atoms with E-state index in [1.807, 2.05) is 29.2 Å². The molecule has 1 N–H and O–H groups in total. The summed E-state index contributed by atoms with van der Waals surface area (Å²) in [6.45, 7) is 5.54. The van der Waals surface area contributed by atoms with Gasteiger partial charge in [0, 0.05) is 13.1 Å². The summed E-state index contributed by atoms with van der Waals surface area (Å²) in [6, 6.07) is 13.3. The number of carbonyl (C=O) groups excluding carboxylic acids is 1. The van der Waals surface area contributed by atoms with Gasteiger partial charge in [-0.15, -0.1) is 0 Å². The first kappa shape index (κ1) is 22.3. The van der Waals surface area contributed by atoms with E-state index in [4.69, 9.17) is 4.74 Å². The van der Waals surface area contributed by atoms with Crippen LogP contribution in [0.25, 0.3) is 0 Å². The van der Waals surface area contributed by atoms with Crippen molar-refractivity contribution in [1.82, 2.24) is 4.90 Å². The molecule has 3 rings (SSSR count). The van der Waals surface area contributed by atoms with Gasteiger partial charge in [0.2, 0.25) is 5.91 Å². The van der Waals surface area contributed by atoms with Crippen LogP contribution in [0.5, 0.6) is 11.5 Å². The van der Waals surface area contributed by atoms with E-state index in [-0.39, 0.29) is 11.7 Å². The molecule has 162 valence electrons. The molecular weight excluding hydrogens is 381 g/mol. The summed E-state index contributed by atoms with van der Waals surface area (Å²) < 4.78 is 18.8. The lowest BCUT2D eigenvalue weighted by Crippen LogP contribution is -2.47. The van der Waals surface area contributed by atoms with Crippen LogP contribution < -0.4 is 4.74 Å². The van der Waals surface area contributed by atoms with E-state index in [1.165, 1.54) is 12.1 Å². The van der Waals surface area contributed by atoms with Crippen molar-refractivity contribution in [2.24, 2.45) is 5.92 Å². The Morgan fingerprint density at radius 1 is 1.10 bits per heavy atom. The van der Waals surface area contributed by atoms with Crippen molar-refractivity contribution in [3.05, 3.63) is 59.9 Å². The number of ether oxygens (including phenoxy) is 1. The predicted octanol–water partition coefficient (Wildman–Crippen LogP) is 5.34. The second-order valence-corrected chi connectivity index (χ2v) is 8.37. The first-order valence-electron chi connectivity index (χ1n) is 10.9. The van der Waals surface area contributed by atoms with Gasteiger partial charge in [-0.3, -0.25) is 4.79 Å². The van der Waals surface area contributed by atoms with Crippen LogP contribution >= 0.6 is 0 Å². The molecule has 0 spiro atoms. The highest BCUT2D eigenvalue weighted by Crippen LogP contribution is 2.32. The maximum Gasteiger partial charge on any atom is 0.226 e. The van der Waals surface area contributed by atoms with Gasteiger partial charge in [0.25, 0.3) is 0 Å². The number of piperidine rings is 1. The SMILES string of the molecule is CCC(CC)CC1(O)CCN(C(=O)Cc2cccc(Oc3ccc(F)cc3)c2)CC1. The van der Waals surface area contributed by atoms with Gasteiger partial charge in [-0.1, -0.05) is 38.8 Å². The van der Waals surface area contributed by atoms with Crippen LogP contribution in [-0.4, -0.2) is 34.6 Å². The Morgan fingerprint density at radius 3 is 2.40 bits per heavy atom. The van der Waals surface area contributed by atoms with E-state index in [9.17, 15) is 14.3 Å². The van der Waals surface area contributed by atoms with Crippen LogP contribution in [0.1, 0.15) is 51.5 Å². The normalized spacial score (nSPS) is 16.0. The van der Waals surface area contributed by atoms with Crippen molar-refractivity contribution >= 4 is 5.91 Å². The molecule has 0 aromatic heterocycles. The van der Waals surface area contributed by atoms with E-state index in [0.29, 0.717) is 49.8 Å². The number of hydrogen-bond donors (Lipinski definition) is 1. The molecule has 2 aromatic rings. The number of carbonyl (C=O) groups is 1. The molecule has 0 radical (unpaired) electrons. The summed E-state index contributed by atoms with van der Waals surface area (Å²) in [5.41, 5.74) is 0.230. The zero-order valence-corrected chi connectivity index (χ0v) is 17.9. The fourth-order valence-corrected chi connectivity index (χ4v) is 4.14. The minimum Gasteiger partial charge on any atom is -0.457 e. The molecule has 0 aliphatic carbocycles. The number of hydrogen-bond acceptors (Lipinski definition) is 3. The number of amides is 1. The Hall–Kier alpha value is -2.40. The first-order valence-corrected chi connectivity index (χ1v) is 10.9. The van der Waals surface area contributed by atoms with E-state index >= 15 is 0 Å². The Kier molecular flexibility index (Phi) is 7.48. The molecule has 0 unspecified atom stereocenters. The second-order valence-electron chi connectivity index (χ2n) is 8.37. The molecule has 0 atom stereocenters. The largest absolute Gasteiger partial charge is 0.457 e. The lowest BCUT2D eigenvalue weighted by molar-refractivity contribution is -0.135. The van der Waals surface area contributed by atoms with Crippen LogP contribution in [0.15, 0.2) is 48.5 Å². The van der Waals surface area contributed by atoms with Crippen molar-refractivity contribution in [3.8, 4) is 11.5 Å². The van der Waals surface area contributed by atoms with E-state index in [2.05, 4.69) is 13.8 Å². The topological polar surface area (TPSA) is 49.8 Å². The predicted molar refractivity (Wildman–Crippen MR) is 116 cm³/mol. The van der Waals surface area contributed by atoms with Gasteiger partial charge in [0.05, 0.1) is 12.0 Å². The Labute approximate surface area is 178 Å². The fourth-order valence-electron chi connectivity index (χ4n) is 4.14. The number of aliphatic hydroxyl groups is 1. The van der Waals surface area contributed by atoms with Crippen LogP contribution in [0, 0.1) is 11.7 Å². The van der Waals surface area contributed by atoms with Crippen molar-refractivity contribution in [2.45, 2.75) is 58.0 Å². The quantitative estimate of drug-likeness (QED) is 0.635. The monoisotopic (exact) mass is 413 g/mol. The maximum atomic E-state index is 13.0. The third-order valence-electron chi connectivity index (χ3n) is 6.17. The minimum atomic E-state index is -0.642. The van der Waals surface area contributed by atoms with Gasteiger partial charge in [-0.05, 0) is 67.1 Å². The number of halogens is 1. The van der Waals surface area contributed by atoms with Gasteiger partial charge >= 0.3 is 0 Å². The van der Waals surface area contributed by atoms with Crippen LogP contribution in [-0.2, 0) is 11.2 Å². The van der Waals surface area contributed by atoms with E-state index < -0.39 is 5.60 Å². The number of benzene rings is 2. The molecular formula is C25H32FNO3. The number of rotatable bonds is 8. The summed E-state index contributed by atoms with van der Waals surface area (Å²) in [7, 11) is 0. The molecule has 1 aliphatic heterocycles. The van der Waals surface area contributed by atoms with Crippen LogP contribution in [0.4, 0.5) is 4.39 Å². The minimum absolute atomic E-state index is 0.0681. The summed E-state index contributed by atoms with van der Waals surface area (Å²) in [4.78, 5) is 14.6. The average Bonchev–Trinajstić information content (AvgIpc) is 2.74. The molecule has 4 nitrogen and oxygen atoms in total. The second kappa shape index (κ2) is 10.1. The molecule has 1 amide bonds. The maximum absolute atomic E-state index is 13.0. The average molecular weight is 414 g/mol. The van der Waals surface area contributed by atoms with Crippen molar-refractivity contribution in [2.75, 3.05) is 13.1 Å². The van der Waals surface area contributed by atoms with E-state index in [1.54, 1.807) is 12.1 Å². The highest BCUT2D eigenvalue weighted by molar-refractivity contribution is 5.79. The summed E-state index contributed by atoms with van der Waals surface area (Å²) in [5.74, 6) is 1.47. The van der Waals surface area contributed by atoms with Gasteiger partial charge in [-0.2, -0.15) is 0 Å². The Balaban J connectivity index is 1.54. The highest BCUT2D eigenvalue weighted by atomic mass is 19.1. The van der Waals surface area contributed by atoms with Gasteiger partial charge in [0.15, 0.2) is 0 Å². The van der Waals surface area contributed by atoms with Gasteiger partial charge < -0.3 is 14.7 Å². The molecule has 2 aromatic carbocycles. The third-order valence-corrected chi connectivity index (χ3v) is 6.17. The molecule has 1 saturated heterocycles. The molecule has 0 bridgehead atoms. The highest BCUT2D eigenvalue weighted by Gasteiger charge is 2.35. The first-order chi connectivity index (χ1) is 14.4. The van der Waals surface area contributed by atoms with Gasteiger partial charge in [-0.25, -0.2) is 4.39 Å². The van der Waals surface area contributed by atoms with Crippen molar-refractivity contribution in [3.63, 3.8) is 0 Å². The standard InChI is InChI=1S/C25H32FNO3/c1-3-19(4-2)18-25(29)12-14-27(15-13-25)24(28)17-20-6-5-7-23(16-20)30-22-10-8-21(26)9-11-22/h5-11,16,19,29H,3-4,12-15,17-18H2,1-2H3. The van der Waals surface area contributed by atoms with Crippen molar-refractivity contribution in [1.29, 1.82) is 0 Å². The van der Waals surface area contributed by atoms with Crippen LogP contribution in [0.3, 0.4) is 0 Å². The lowest BCUT2D eigenvalue weighted by Gasteiger charge is -2.40. The van der Waals surface area contributed by atoms with Gasteiger partial charge in [0.1, 0.15) is 17.3 Å². The molecule has 5 heteroatoms. The van der Waals surface area contributed by atoms with E-state index in [0.717, 1.165) is 24.8 Å². The number of likely N-dealkylation sites (tertiary alicyclic amines) is 1. The Bertz CT molecular complexity index is 825. The molecule has 1 fully saturated rings. The third kappa shape index (κ3) is 6.05. The number of nitrogens with zero attached hydrogens (tertiary/aromatic N) is 1.